The quantitative estimate of drug-likeness (QED) is 0.727. The molecule has 4 heteroatoms. The lowest BCUT2D eigenvalue weighted by Crippen LogP contribution is -2.53. The summed E-state index contributed by atoms with van der Waals surface area (Å²) in [6.45, 7) is 2.16. The smallest absolute Gasteiger partial charge is 0.336 e. The molecule has 0 aliphatic rings. The predicted octanol–water partition coefficient (Wildman–Crippen LogP) is 1.36. The molecular weight excluding hydrogens is 204 g/mol. The van der Waals surface area contributed by atoms with E-state index in [4.69, 9.17) is 4.43 Å². The molecule has 2 rings (SSSR count). The zero-order chi connectivity index (χ0) is 10.7. The summed E-state index contributed by atoms with van der Waals surface area (Å²) >= 11 is 0. The Balaban J connectivity index is 2.47. The minimum atomic E-state index is -2.07. The molecule has 0 fully saturated rings. The number of benzene rings is 1. The molecule has 1 atom stereocenters. The van der Waals surface area contributed by atoms with Crippen molar-refractivity contribution in [1.29, 1.82) is 0 Å². The van der Waals surface area contributed by atoms with Crippen LogP contribution in [-0.4, -0.2) is 24.8 Å². The van der Waals surface area contributed by atoms with E-state index in [0.29, 0.717) is 0 Å². The molecule has 1 aromatic carbocycles. The minimum Gasteiger partial charge on any atom is -0.399 e. The van der Waals surface area contributed by atoms with Gasteiger partial charge in [-0.2, -0.15) is 0 Å². The Morgan fingerprint density at radius 1 is 1.27 bits per heavy atom. The van der Waals surface area contributed by atoms with Crippen LogP contribution in [0.3, 0.4) is 0 Å². The number of hydrogen-bond donors (Lipinski definition) is 0. The summed E-state index contributed by atoms with van der Waals surface area (Å²) in [6, 6.07) is 10.3. The van der Waals surface area contributed by atoms with Crippen LogP contribution in [0.4, 0.5) is 0 Å². The predicted molar refractivity (Wildman–Crippen MR) is 62.3 cm³/mol. The first-order valence-corrected chi connectivity index (χ1v) is 7.22. The molecule has 0 saturated heterocycles. The van der Waals surface area contributed by atoms with Gasteiger partial charge in [-0.3, -0.25) is 0 Å². The molecule has 15 heavy (non-hydrogen) atoms. The topological polar surface area (TPSA) is 27.1 Å². The van der Waals surface area contributed by atoms with Gasteiger partial charge in [-0.05, 0) is 11.7 Å². The van der Waals surface area contributed by atoms with Gasteiger partial charge in [0.25, 0.3) is 0 Å². The highest BCUT2D eigenvalue weighted by atomic mass is 28.4. The van der Waals surface area contributed by atoms with Gasteiger partial charge in [0.2, 0.25) is 0 Å². The van der Waals surface area contributed by atoms with Crippen LogP contribution in [0, 0.1) is 0 Å². The SMILES string of the molecule is CO[Si](C)(c1ccccc1)n1ccnc1. The molecule has 78 valence electrons. The van der Waals surface area contributed by atoms with Gasteiger partial charge in [-0.15, -0.1) is 0 Å². The Morgan fingerprint density at radius 3 is 2.53 bits per heavy atom. The van der Waals surface area contributed by atoms with Gasteiger partial charge in [0.05, 0.1) is 6.33 Å². The second-order valence-electron chi connectivity index (χ2n) is 3.52. The van der Waals surface area contributed by atoms with E-state index < -0.39 is 8.48 Å². The van der Waals surface area contributed by atoms with Gasteiger partial charge in [0.15, 0.2) is 0 Å². The highest BCUT2D eigenvalue weighted by Gasteiger charge is 2.32. The van der Waals surface area contributed by atoms with Gasteiger partial charge < -0.3 is 8.66 Å². The number of aromatic nitrogens is 2. The summed E-state index contributed by atoms with van der Waals surface area (Å²) in [6.07, 6.45) is 5.57. The highest BCUT2D eigenvalue weighted by Crippen LogP contribution is 2.07. The van der Waals surface area contributed by atoms with Crippen LogP contribution in [-0.2, 0) is 4.43 Å². The largest absolute Gasteiger partial charge is 0.399 e. The van der Waals surface area contributed by atoms with Crippen molar-refractivity contribution in [2.24, 2.45) is 0 Å². The lowest BCUT2D eigenvalue weighted by atomic mass is 10.4. The Morgan fingerprint density at radius 2 is 2.00 bits per heavy atom. The second-order valence-corrected chi connectivity index (χ2v) is 6.99. The van der Waals surface area contributed by atoms with Crippen molar-refractivity contribution < 1.29 is 4.43 Å². The Bertz CT molecular complexity index is 415. The van der Waals surface area contributed by atoms with E-state index in [0.717, 1.165) is 0 Å². The van der Waals surface area contributed by atoms with Gasteiger partial charge >= 0.3 is 8.48 Å². The molecule has 0 radical (unpaired) electrons. The maximum Gasteiger partial charge on any atom is 0.336 e. The third-order valence-electron chi connectivity index (χ3n) is 2.70. The lowest BCUT2D eigenvalue weighted by Gasteiger charge is -2.26. The first-order chi connectivity index (χ1) is 7.27. The van der Waals surface area contributed by atoms with Crippen molar-refractivity contribution in [2.45, 2.75) is 6.55 Å². The number of rotatable bonds is 3. The van der Waals surface area contributed by atoms with Crippen molar-refractivity contribution in [3.63, 3.8) is 0 Å². The molecule has 1 unspecified atom stereocenters. The van der Waals surface area contributed by atoms with E-state index in [1.165, 1.54) is 5.19 Å². The maximum atomic E-state index is 5.73. The molecule has 0 spiro atoms. The van der Waals surface area contributed by atoms with E-state index in [-0.39, 0.29) is 0 Å². The average Bonchev–Trinajstić information content (AvgIpc) is 2.83. The van der Waals surface area contributed by atoms with Gasteiger partial charge in [0.1, 0.15) is 0 Å². The van der Waals surface area contributed by atoms with Gasteiger partial charge in [-0.1, -0.05) is 30.3 Å². The Hall–Kier alpha value is -1.39. The fourth-order valence-corrected chi connectivity index (χ4v) is 3.82. The second kappa shape index (κ2) is 4.00. The molecule has 0 bridgehead atoms. The zero-order valence-electron chi connectivity index (χ0n) is 8.92. The maximum absolute atomic E-state index is 5.73. The zero-order valence-corrected chi connectivity index (χ0v) is 9.92. The lowest BCUT2D eigenvalue weighted by molar-refractivity contribution is 0.400. The summed E-state index contributed by atoms with van der Waals surface area (Å²) in [4.78, 5) is 4.08. The number of nitrogens with zero attached hydrogens (tertiary/aromatic N) is 2. The number of hydrogen-bond acceptors (Lipinski definition) is 2. The molecule has 0 aliphatic carbocycles. The van der Waals surface area contributed by atoms with Crippen LogP contribution in [0.2, 0.25) is 6.55 Å². The van der Waals surface area contributed by atoms with Crippen LogP contribution < -0.4 is 5.19 Å². The normalized spacial score (nSPS) is 14.8. The molecule has 1 aromatic heterocycles. The summed E-state index contributed by atoms with van der Waals surface area (Å²) in [7, 11) is -0.306. The third kappa shape index (κ3) is 1.73. The summed E-state index contributed by atoms with van der Waals surface area (Å²) in [5.41, 5.74) is 0. The standard InChI is InChI=1S/C11H14N2OSi/c1-14-15(2,13-9-8-12-10-13)11-6-4-3-5-7-11/h3-10H,1-2H3. The van der Waals surface area contributed by atoms with Crippen LogP contribution in [0.5, 0.6) is 0 Å². The molecule has 0 N–H and O–H groups in total. The summed E-state index contributed by atoms with van der Waals surface area (Å²) in [5, 5.41) is 1.24. The van der Waals surface area contributed by atoms with Crippen molar-refractivity contribution in [3.05, 3.63) is 49.1 Å². The Kier molecular flexibility index (Phi) is 2.70. The van der Waals surface area contributed by atoms with Gasteiger partial charge in [-0.25, -0.2) is 4.98 Å². The average molecular weight is 218 g/mol. The highest BCUT2D eigenvalue weighted by molar-refractivity contribution is 6.84. The van der Waals surface area contributed by atoms with Gasteiger partial charge in [0, 0.05) is 19.5 Å². The van der Waals surface area contributed by atoms with Crippen LogP contribution in [0.1, 0.15) is 0 Å². The van der Waals surface area contributed by atoms with Crippen LogP contribution in [0.15, 0.2) is 49.1 Å². The molecule has 3 nitrogen and oxygen atoms in total. The van der Waals surface area contributed by atoms with E-state index in [1.54, 1.807) is 13.3 Å². The van der Waals surface area contributed by atoms with E-state index in [1.807, 2.05) is 30.7 Å². The molecule has 2 aromatic rings. The summed E-state index contributed by atoms with van der Waals surface area (Å²) in [5.74, 6) is 0. The van der Waals surface area contributed by atoms with E-state index in [9.17, 15) is 0 Å². The van der Waals surface area contributed by atoms with Crippen molar-refractivity contribution in [2.75, 3.05) is 7.11 Å². The van der Waals surface area contributed by atoms with Crippen molar-refractivity contribution in [1.82, 2.24) is 9.22 Å². The Labute approximate surface area is 90.6 Å². The van der Waals surface area contributed by atoms with E-state index in [2.05, 4.69) is 27.9 Å². The molecule has 1 heterocycles. The van der Waals surface area contributed by atoms with Crippen LogP contribution in [0.25, 0.3) is 0 Å². The third-order valence-corrected chi connectivity index (χ3v) is 6.15. The first-order valence-electron chi connectivity index (χ1n) is 4.86. The molecule has 0 amide bonds. The summed E-state index contributed by atoms with van der Waals surface area (Å²) < 4.78 is 7.82. The fourth-order valence-electron chi connectivity index (χ4n) is 1.63. The van der Waals surface area contributed by atoms with E-state index >= 15 is 0 Å². The molecule has 0 saturated carbocycles. The van der Waals surface area contributed by atoms with Crippen LogP contribution >= 0.6 is 0 Å². The molecule has 0 aliphatic heterocycles. The minimum absolute atomic E-state index is 1.24. The van der Waals surface area contributed by atoms with Crippen molar-refractivity contribution >= 4 is 13.7 Å². The monoisotopic (exact) mass is 218 g/mol. The fraction of sp³-hybridized carbons (Fsp3) is 0.182. The van der Waals surface area contributed by atoms with Crippen molar-refractivity contribution in [3.8, 4) is 0 Å². The molecular formula is C11H14N2OSi. The number of imidazole rings is 1. The first kappa shape index (κ1) is 10.1.